The molecule has 3 heteroatoms. The van der Waals surface area contributed by atoms with Crippen molar-refractivity contribution in [1.82, 2.24) is 0 Å². The summed E-state index contributed by atoms with van der Waals surface area (Å²) in [5.41, 5.74) is 3.95. The molecule has 1 aliphatic rings. The number of anilines is 1. The summed E-state index contributed by atoms with van der Waals surface area (Å²) >= 11 is 5.55. The molecule has 1 atom stereocenters. The van der Waals surface area contributed by atoms with Crippen LogP contribution >= 0.6 is 27.7 Å². The number of rotatable bonds is 3. The van der Waals surface area contributed by atoms with Gasteiger partial charge in [0.1, 0.15) is 0 Å². The van der Waals surface area contributed by atoms with Gasteiger partial charge in [-0.1, -0.05) is 40.2 Å². The van der Waals surface area contributed by atoms with E-state index in [1.165, 1.54) is 31.9 Å². The minimum absolute atomic E-state index is 0.612. The van der Waals surface area contributed by atoms with Crippen LogP contribution < -0.4 is 5.32 Å². The fraction of sp³-hybridized carbons (Fsp3) is 0.250. The van der Waals surface area contributed by atoms with Crippen molar-refractivity contribution >= 4 is 33.4 Å². The molecule has 1 heterocycles. The SMILES string of the molecule is Cc1ccc(NCC2CSc3ccccc32)cc1Br. The first kappa shape index (κ1) is 13.1. The van der Waals surface area contributed by atoms with Crippen LogP contribution in [-0.4, -0.2) is 12.3 Å². The second-order valence-electron chi connectivity index (χ2n) is 4.89. The van der Waals surface area contributed by atoms with E-state index in [1.54, 1.807) is 0 Å². The smallest absolute Gasteiger partial charge is 0.0351 e. The van der Waals surface area contributed by atoms with Crippen LogP contribution in [-0.2, 0) is 0 Å². The van der Waals surface area contributed by atoms with E-state index in [0.717, 1.165) is 6.54 Å². The van der Waals surface area contributed by atoms with Gasteiger partial charge in [0, 0.05) is 33.3 Å². The first-order valence-electron chi connectivity index (χ1n) is 6.46. The molecule has 3 rings (SSSR count). The third kappa shape index (κ3) is 2.82. The Morgan fingerprint density at radius 1 is 1.26 bits per heavy atom. The van der Waals surface area contributed by atoms with Crippen molar-refractivity contribution in [1.29, 1.82) is 0 Å². The Labute approximate surface area is 126 Å². The van der Waals surface area contributed by atoms with Crippen molar-refractivity contribution in [3.63, 3.8) is 0 Å². The largest absolute Gasteiger partial charge is 0.384 e. The van der Waals surface area contributed by atoms with Crippen LogP contribution in [0.25, 0.3) is 0 Å². The van der Waals surface area contributed by atoms with E-state index in [0.29, 0.717) is 5.92 Å². The van der Waals surface area contributed by atoms with E-state index >= 15 is 0 Å². The molecular formula is C16H16BrNS. The molecule has 0 saturated heterocycles. The van der Waals surface area contributed by atoms with Crippen molar-refractivity contribution in [2.24, 2.45) is 0 Å². The second kappa shape index (κ2) is 5.59. The predicted octanol–water partition coefficient (Wildman–Crippen LogP) is 5.06. The quantitative estimate of drug-likeness (QED) is 0.842. The molecule has 0 aliphatic carbocycles. The van der Waals surface area contributed by atoms with E-state index < -0.39 is 0 Å². The fourth-order valence-corrected chi connectivity index (χ4v) is 3.98. The van der Waals surface area contributed by atoms with Crippen LogP contribution in [0.15, 0.2) is 51.8 Å². The van der Waals surface area contributed by atoms with Gasteiger partial charge < -0.3 is 5.32 Å². The number of hydrogen-bond acceptors (Lipinski definition) is 2. The summed E-state index contributed by atoms with van der Waals surface area (Å²) in [5, 5.41) is 3.55. The molecule has 0 saturated carbocycles. The molecule has 0 aromatic heterocycles. The number of nitrogens with one attached hydrogen (secondary N) is 1. The van der Waals surface area contributed by atoms with Gasteiger partial charge in [-0.05, 0) is 36.2 Å². The van der Waals surface area contributed by atoms with E-state index in [-0.39, 0.29) is 0 Å². The topological polar surface area (TPSA) is 12.0 Å². The van der Waals surface area contributed by atoms with Gasteiger partial charge in [-0.25, -0.2) is 0 Å². The van der Waals surface area contributed by atoms with Crippen LogP contribution in [0.1, 0.15) is 17.0 Å². The molecule has 2 aromatic rings. The van der Waals surface area contributed by atoms with Gasteiger partial charge in [0.15, 0.2) is 0 Å². The van der Waals surface area contributed by atoms with Gasteiger partial charge in [-0.3, -0.25) is 0 Å². The van der Waals surface area contributed by atoms with Crippen LogP contribution in [0, 0.1) is 6.92 Å². The lowest BCUT2D eigenvalue weighted by Gasteiger charge is -2.13. The van der Waals surface area contributed by atoms with Gasteiger partial charge >= 0.3 is 0 Å². The maximum absolute atomic E-state index is 3.58. The Kier molecular flexibility index (Phi) is 3.85. The number of thioether (sulfide) groups is 1. The van der Waals surface area contributed by atoms with Gasteiger partial charge in [0.25, 0.3) is 0 Å². The molecule has 0 fully saturated rings. The van der Waals surface area contributed by atoms with Crippen LogP contribution in [0.5, 0.6) is 0 Å². The Bertz CT molecular complexity index is 597. The summed E-state index contributed by atoms with van der Waals surface area (Å²) in [4.78, 5) is 1.44. The first-order chi connectivity index (χ1) is 9.24. The molecule has 1 aliphatic heterocycles. The molecule has 2 aromatic carbocycles. The highest BCUT2D eigenvalue weighted by molar-refractivity contribution is 9.10. The lowest BCUT2D eigenvalue weighted by molar-refractivity contribution is 0.819. The Morgan fingerprint density at radius 2 is 2.11 bits per heavy atom. The Morgan fingerprint density at radius 3 is 2.95 bits per heavy atom. The van der Waals surface area contributed by atoms with Crippen molar-refractivity contribution in [2.75, 3.05) is 17.6 Å². The lowest BCUT2D eigenvalue weighted by Crippen LogP contribution is -2.12. The second-order valence-corrected chi connectivity index (χ2v) is 6.81. The molecule has 0 amide bonds. The summed E-state index contributed by atoms with van der Waals surface area (Å²) in [7, 11) is 0. The molecule has 19 heavy (non-hydrogen) atoms. The highest BCUT2D eigenvalue weighted by Crippen LogP contribution is 2.39. The summed E-state index contributed by atoms with van der Waals surface area (Å²) in [6.07, 6.45) is 0. The van der Waals surface area contributed by atoms with Gasteiger partial charge in [-0.15, -0.1) is 11.8 Å². The summed E-state index contributed by atoms with van der Waals surface area (Å²) in [5.74, 6) is 1.79. The van der Waals surface area contributed by atoms with Gasteiger partial charge in [0.05, 0.1) is 0 Å². The van der Waals surface area contributed by atoms with Crippen molar-refractivity contribution in [3.8, 4) is 0 Å². The Hall–Kier alpha value is -0.930. The highest BCUT2D eigenvalue weighted by Gasteiger charge is 2.22. The Balaban J connectivity index is 1.69. The van der Waals surface area contributed by atoms with Gasteiger partial charge in [-0.2, -0.15) is 0 Å². The van der Waals surface area contributed by atoms with E-state index in [2.05, 4.69) is 70.6 Å². The van der Waals surface area contributed by atoms with Crippen molar-refractivity contribution in [3.05, 3.63) is 58.1 Å². The van der Waals surface area contributed by atoms with Crippen molar-refractivity contribution < 1.29 is 0 Å². The average Bonchev–Trinajstić information content (AvgIpc) is 2.83. The summed E-state index contributed by atoms with van der Waals surface area (Å²) < 4.78 is 1.17. The van der Waals surface area contributed by atoms with Gasteiger partial charge in [0.2, 0.25) is 0 Å². The zero-order chi connectivity index (χ0) is 13.2. The summed E-state index contributed by atoms with van der Waals surface area (Å²) in [6, 6.07) is 15.2. The number of aryl methyl sites for hydroxylation is 1. The molecule has 0 bridgehead atoms. The van der Waals surface area contributed by atoms with Crippen molar-refractivity contribution in [2.45, 2.75) is 17.7 Å². The molecule has 0 radical (unpaired) electrons. The molecule has 98 valence electrons. The fourth-order valence-electron chi connectivity index (χ4n) is 2.34. The van der Waals surface area contributed by atoms with E-state index in [4.69, 9.17) is 0 Å². The minimum atomic E-state index is 0.612. The number of benzene rings is 2. The van der Waals surface area contributed by atoms with E-state index in [1.807, 2.05) is 11.8 Å². The van der Waals surface area contributed by atoms with Crippen LogP contribution in [0.4, 0.5) is 5.69 Å². The number of hydrogen-bond donors (Lipinski definition) is 1. The third-order valence-electron chi connectivity index (χ3n) is 3.52. The normalized spacial score (nSPS) is 17.3. The zero-order valence-corrected chi connectivity index (χ0v) is 13.2. The maximum Gasteiger partial charge on any atom is 0.0351 e. The zero-order valence-electron chi connectivity index (χ0n) is 10.8. The monoisotopic (exact) mass is 333 g/mol. The third-order valence-corrected chi connectivity index (χ3v) is 5.63. The molecule has 1 nitrogen and oxygen atoms in total. The number of fused-ring (bicyclic) bond motifs is 1. The molecule has 1 N–H and O–H groups in total. The maximum atomic E-state index is 3.58. The first-order valence-corrected chi connectivity index (χ1v) is 8.23. The summed E-state index contributed by atoms with van der Waals surface area (Å²) in [6.45, 7) is 3.11. The highest BCUT2D eigenvalue weighted by atomic mass is 79.9. The minimum Gasteiger partial charge on any atom is -0.384 e. The van der Waals surface area contributed by atoms with E-state index in [9.17, 15) is 0 Å². The average molecular weight is 334 g/mol. The van der Waals surface area contributed by atoms with Crippen LogP contribution in [0.3, 0.4) is 0 Å². The predicted molar refractivity (Wildman–Crippen MR) is 87.3 cm³/mol. The molecular weight excluding hydrogens is 318 g/mol. The lowest BCUT2D eigenvalue weighted by atomic mass is 10.0. The van der Waals surface area contributed by atoms with Crippen LogP contribution in [0.2, 0.25) is 0 Å². The molecule has 0 spiro atoms. The number of halogens is 1. The standard InChI is InChI=1S/C16H16BrNS/c1-11-6-7-13(8-15(11)17)18-9-12-10-19-16-5-3-2-4-14(12)16/h2-8,12,18H,9-10H2,1H3. The molecule has 1 unspecified atom stereocenters.